The van der Waals surface area contributed by atoms with Gasteiger partial charge in [-0.1, -0.05) is 0 Å². The first-order valence-corrected chi connectivity index (χ1v) is 3.47. The largest absolute Gasteiger partial charge is 1.00 e. The van der Waals surface area contributed by atoms with Gasteiger partial charge in [0.05, 0.1) is 6.61 Å². The summed E-state index contributed by atoms with van der Waals surface area (Å²) in [6.07, 6.45) is -7.84. The van der Waals surface area contributed by atoms with Crippen molar-refractivity contribution in [1.29, 1.82) is 0 Å². The predicted octanol–water partition coefficient (Wildman–Crippen LogP) is -6.49. The van der Waals surface area contributed by atoms with Crippen LogP contribution in [0, 0.1) is 0 Å². The Balaban J connectivity index is 0. The zero-order chi connectivity index (χ0) is 10.6. The molecular formula is C6H12KO7+. The number of rotatable bonds is 5. The van der Waals surface area contributed by atoms with Crippen LogP contribution in [0.25, 0.3) is 0 Å². The first-order chi connectivity index (χ1) is 5.91. The zero-order valence-electron chi connectivity index (χ0n) is 7.61. The van der Waals surface area contributed by atoms with Gasteiger partial charge in [0.15, 0.2) is 6.10 Å². The minimum absolute atomic E-state index is 0. The molecule has 0 saturated carbocycles. The molecule has 0 aliphatic heterocycles. The molecule has 0 aliphatic rings. The van der Waals surface area contributed by atoms with Crippen LogP contribution in [0.15, 0.2) is 0 Å². The molecular weight excluding hydrogens is 223 g/mol. The van der Waals surface area contributed by atoms with Crippen LogP contribution < -0.4 is 51.4 Å². The summed E-state index contributed by atoms with van der Waals surface area (Å²) < 4.78 is 0. The van der Waals surface area contributed by atoms with E-state index in [0.29, 0.717) is 0 Å². The molecule has 6 N–H and O–H groups in total. The molecule has 0 spiro atoms. The van der Waals surface area contributed by atoms with E-state index in [1.807, 2.05) is 0 Å². The normalized spacial score (nSPS) is 18.9. The maximum absolute atomic E-state index is 10.1. The van der Waals surface area contributed by atoms with E-state index in [4.69, 9.17) is 30.6 Å². The number of aliphatic hydroxyl groups is 5. The fourth-order valence-electron chi connectivity index (χ4n) is 0.668. The smallest absolute Gasteiger partial charge is 0.479 e. The molecule has 14 heavy (non-hydrogen) atoms. The summed E-state index contributed by atoms with van der Waals surface area (Å²) in [6.45, 7) is -0.843. The Morgan fingerprint density at radius 1 is 1.07 bits per heavy atom. The van der Waals surface area contributed by atoms with Crippen LogP contribution >= 0.6 is 0 Å². The van der Waals surface area contributed by atoms with Crippen molar-refractivity contribution < 1.29 is 86.8 Å². The van der Waals surface area contributed by atoms with E-state index in [0.717, 1.165) is 0 Å². The van der Waals surface area contributed by atoms with E-state index in [-0.39, 0.29) is 51.4 Å². The Bertz CT molecular complexity index is 176. The van der Waals surface area contributed by atoms with Crippen LogP contribution in [0.2, 0.25) is 0 Å². The van der Waals surface area contributed by atoms with Gasteiger partial charge in [-0.15, -0.1) is 0 Å². The van der Waals surface area contributed by atoms with Crippen molar-refractivity contribution in [3.8, 4) is 0 Å². The summed E-state index contributed by atoms with van der Waals surface area (Å²) in [5.41, 5.74) is 0. The number of carboxylic acids is 1. The first kappa shape index (κ1) is 17.3. The summed E-state index contributed by atoms with van der Waals surface area (Å²) in [5.74, 6) is -1.73. The van der Waals surface area contributed by atoms with Crippen molar-refractivity contribution in [2.24, 2.45) is 0 Å². The second kappa shape index (κ2) is 8.10. The van der Waals surface area contributed by atoms with E-state index in [1.54, 1.807) is 0 Å². The molecule has 0 aromatic heterocycles. The quantitative estimate of drug-likeness (QED) is 0.260. The average molecular weight is 235 g/mol. The fourth-order valence-corrected chi connectivity index (χ4v) is 0.668. The molecule has 0 heterocycles. The van der Waals surface area contributed by atoms with Crippen LogP contribution in [0.3, 0.4) is 0 Å². The van der Waals surface area contributed by atoms with Gasteiger partial charge in [-0.05, 0) is 0 Å². The summed E-state index contributed by atoms with van der Waals surface area (Å²) in [7, 11) is 0. The van der Waals surface area contributed by atoms with E-state index in [2.05, 4.69) is 0 Å². The Hall–Kier alpha value is 0.906. The number of aliphatic carboxylic acids is 1. The predicted molar refractivity (Wildman–Crippen MR) is 38.7 cm³/mol. The van der Waals surface area contributed by atoms with Crippen LogP contribution in [0.5, 0.6) is 0 Å². The molecule has 0 radical (unpaired) electrons. The third kappa shape index (κ3) is 5.12. The number of hydrogen-bond donors (Lipinski definition) is 6. The van der Waals surface area contributed by atoms with Crippen molar-refractivity contribution in [2.75, 3.05) is 6.61 Å². The van der Waals surface area contributed by atoms with Gasteiger partial charge in [0.1, 0.15) is 18.3 Å². The van der Waals surface area contributed by atoms with Crippen molar-refractivity contribution in [2.45, 2.75) is 24.4 Å². The molecule has 0 bridgehead atoms. The van der Waals surface area contributed by atoms with Crippen LogP contribution in [-0.2, 0) is 4.79 Å². The molecule has 0 aromatic carbocycles. The van der Waals surface area contributed by atoms with Gasteiger partial charge in [-0.2, -0.15) is 0 Å². The van der Waals surface area contributed by atoms with Crippen LogP contribution in [0.4, 0.5) is 0 Å². The van der Waals surface area contributed by atoms with Crippen molar-refractivity contribution in [1.82, 2.24) is 0 Å². The average Bonchev–Trinajstić information content (AvgIpc) is 2.12. The molecule has 0 rings (SSSR count). The number of hydrogen-bond acceptors (Lipinski definition) is 6. The summed E-state index contributed by atoms with van der Waals surface area (Å²) in [5, 5.41) is 51.8. The third-order valence-corrected chi connectivity index (χ3v) is 1.51. The van der Waals surface area contributed by atoms with Gasteiger partial charge in [0.25, 0.3) is 0 Å². The Morgan fingerprint density at radius 2 is 1.50 bits per heavy atom. The third-order valence-electron chi connectivity index (χ3n) is 1.51. The van der Waals surface area contributed by atoms with Crippen LogP contribution in [-0.4, -0.2) is 67.6 Å². The van der Waals surface area contributed by atoms with E-state index >= 15 is 0 Å². The van der Waals surface area contributed by atoms with Crippen LogP contribution in [0.1, 0.15) is 0 Å². The molecule has 7 nitrogen and oxygen atoms in total. The fraction of sp³-hybridized carbons (Fsp3) is 0.833. The van der Waals surface area contributed by atoms with E-state index in [9.17, 15) is 4.79 Å². The molecule has 0 amide bonds. The number of carbonyl (C=O) groups is 1. The number of carboxylic acid groups (broad SMARTS) is 1. The summed E-state index contributed by atoms with van der Waals surface area (Å²) in [6, 6.07) is 0. The Kier molecular flexibility index (Phi) is 10.0. The minimum Gasteiger partial charge on any atom is -0.479 e. The molecule has 0 saturated heterocycles. The molecule has 0 fully saturated rings. The monoisotopic (exact) mass is 235 g/mol. The maximum atomic E-state index is 10.1. The SMILES string of the molecule is O=C(O)C(O)C(O)C(O)C(O)CO.[K+]. The summed E-state index contributed by atoms with van der Waals surface area (Å²) >= 11 is 0. The first-order valence-electron chi connectivity index (χ1n) is 3.47. The second-order valence-electron chi connectivity index (χ2n) is 2.51. The Labute approximate surface area is 122 Å². The van der Waals surface area contributed by atoms with Gasteiger partial charge in [0, 0.05) is 0 Å². The Morgan fingerprint density at radius 3 is 1.79 bits per heavy atom. The zero-order valence-corrected chi connectivity index (χ0v) is 10.7. The van der Waals surface area contributed by atoms with E-state index in [1.165, 1.54) is 0 Å². The van der Waals surface area contributed by atoms with Gasteiger partial charge in [0.2, 0.25) is 0 Å². The topological polar surface area (TPSA) is 138 Å². The standard InChI is InChI=1S/C6H12O7.K/c7-1-2(8)3(9)4(10)5(11)6(12)13;/h2-5,7-11H,1H2,(H,12,13);/q;+1. The van der Waals surface area contributed by atoms with Crippen molar-refractivity contribution >= 4 is 5.97 Å². The molecule has 0 aliphatic carbocycles. The van der Waals surface area contributed by atoms with E-state index < -0.39 is 37.0 Å². The van der Waals surface area contributed by atoms with Gasteiger partial charge in [-0.25, -0.2) is 4.79 Å². The molecule has 4 unspecified atom stereocenters. The molecule has 4 atom stereocenters. The second-order valence-corrected chi connectivity index (χ2v) is 2.51. The van der Waals surface area contributed by atoms with Gasteiger partial charge < -0.3 is 30.6 Å². The number of aliphatic hydroxyl groups excluding tert-OH is 5. The maximum Gasteiger partial charge on any atom is 1.00 e. The molecule has 0 aromatic rings. The summed E-state index contributed by atoms with van der Waals surface area (Å²) in [4.78, 5) is 10.1. The van der Waals surface area contributed by atoms with Crippen molar-refractivity contribution in [3.63, 3.8) is 0 Å². The molecule has 78 valence electrons. The van der Waals surface area contributed by atoms with Gasteiger partial charge >= 0.3 is 57.4 Å². The van der Waals surface area contributed by atoms with Crippen molar-refractivity contribution in [3.05, 3.63) is 0 Å². The van der Waals surface area contributed by atoms with Gasteiger partial charge in [-0.3, -0.25) is 0 Å². The molecule has 8 heteroatoms. The minimum atomic E-state index is -2.20.